The third kappa shape index (κ3) is 3.90. The second-order valence-corrected chi connectivity index (χ2v) is 6.79. The summed E-state index contributed by atoms with van der Waals surface area (Å²) < 4.78 is 21.1. The SMILES string of the molecule is Cc1cccc(Cl)c1-n1cc(CNc2nc(N3CCOCC3)ncc2F)nn1. The molecule has 0 spiro atoms. The number of para-hydroxylation sites is 1. The monoisotopic (exact) mass is 403 g/mol. The predicted octanol–water partition coefficient (Wildman–Crippen LogP) is 2.61. The van der Waals surface area contributed by atoms with E-state index in [1.54, 1.807) is 16.9 Å². The lowest BCUT2D eigenvalue weighted by molar-refractivity contribution is 0.122. The van der Waals surface area contributed by atoms with Crippen molar-refractivity contribution in [2.45, 2.75) is 13.5 Å². The third-order valence-electron chi connectivity index (χ3n) is 4.42. The molecule has 1 N–H and O–H groups in total. The van der Waals surface area contributed by atoms with Crippen LogP contribution in [0.4, 0.5) is 16.2 Å². The van der Waals surface area contributed by atoms with Crippen molar-refractivity contribution in [1.82, 2.24) is 25.0 Å². The zero-order valence-corrected chi connectivity index (χ0v) is 16.0. The molecule has 3 aromatic rings. The molecule has 0 unspecified atom stereocenters. The molecule has 10 heteroatoms. The Balaban J connectivity index is 1.48. The molecule has 28 heavy (non-hydrogen) atoms. The Hall–Kier alpha value is -2.78. The van der Waals surface area contributed by atoms with Crippen molar-refractivity contribution in [2.75, 3.05) is 36.5 Å². The summed E-state index contributed by atoms with van der Waals surface area (Å²) in [7, 11) is 0. The van der Waals surface area contributed by atoms with E-state index in [1.165, 1.54) is 6.20 Å². The van der Waals surface area contributed by atoms with E-state index in [-0.39, 0.29) is 12.4 Å². The molecule has 0 radical (unpaired) electrons. The standard InChI is InChI=1S/C18H19ClFN7O/c1-12-3-2-4-14(19)16(12)27-11-13(24-25-27)9-21-17-15(20)10-22-18(23-17)26-5-7-28-8-6-26/h2-4,10-11H,5-9H2,1H3,(H,21,22,23). The number of hydrogen-bond donors (Lipinski definition) is 1. The number of ether oxygens (including phenoxy) is 1. The van der Waals surface area contributed by atoms with Crippen LogP contribution in [0.1, 0.15) is 11.3 Å². The van der Waals surface area contributed by atoms with Gasteiger partial charge in [0.15, 0.2) is 11.6 Å². The first kappa shape index (κ1) is 18.6. The minimum absolute atomic E-state index is 0.125. The largest absolute Gasteiger partial charge is 0.378 e. The summed E-state index contributed by atoms with van der Waals surface area (Å²) >= 11 is 6.27. The Morgan fingerprint density at radius 3 is 2.89 bits per heavy atom. The van der Waals surface area contributed by atoms with E-state index in [9.17, 15) is 4.39 Å². The molecule has 0 amide bonds. The van der Waals surface area contributed by atoms with E-state index >= 15 is 0 Å². The highest BCUT2D eigenvalue weighted by Gasteiger charge is 2.16. The lowest BCUT2D eigenvalue weighted by atomic mass is 10.2. The highest BCUT2D eigenvalue weighted by Crippen LogP contribution is 2.23. The van der Waals surface area contributed by atoms with Gasteiger partial charge in [0.05, 0.1) is 42.9 Å². The number of rotatable bonds is 5. The van der Waals surface area contributed by atoms with Crippen LogP contribution in [0.15, 0.2) is 30.6 Å². The Morgan fingerprint density at radius 1 is 1.29 bits per heavy atom. The van der Waals surface area contributed by atoms with Crippen molar-refractivity contribution in [3.63, 3.8) is 0 Å². The number of hydrogen-bond acceptors (Lipinski definition) is 7. The van der Waals surface area contributed by atoms with E-state index in [0.717, 1.165) is 11.3 Å². The van der Waals surface area contributed by atoms with E-state index < -0.39 is 5.82 Å². The van der Waals surface area contributed by atoms with Gasteiger partial charge in [0.25, 0.3) is 0 Å². The molecule has 1 aliphatic rings. The van der Waals surface area contributed by atoms with Gasteiger partial charge in [-0.05, 0) is 18.6 Å². The fourth-order valence-corrected chi connectivity index (χ4v) is 3.28. The highest BCUT2D eigenvalue weighted by atomic mass is 35.5. The average Bonchev–Trinajstić information content (AvgIpc) is 3.16. The van der Waals surface area contributed by atoms with Crippen molar-refractivity contribution in [1.29, 1.82) is 0 Å². The molecular weight excluding hydrogens is 385 g/mol. The van der Waals surface area contributed by atoms with Crippen molar-refractivity contribution in [3.8, 4) is 5.69 Å². The Bertz CT molecular complexity index is 954. The van der Waals surface area contributed by atoms with Crippen LogP contribution in [0.25, 0.3) is 5.69 Å². The summed E-state index contributed by atoms with van der Waals surface area (Å²) in [6, 6.07) is 5.63. The van der Waals surface area contributed by atoms with Gasteiger partial charge in [-0.15, -0.1) is 5.10 Å². The average molecular weight is 404 g/mol. The second-order valence-electron chi connectivity index (χ2n) is 6.38. The van der Waals surface area contributed by atoms with Gasteiger partial charge in [-0.1, -0.05) is 28.9 Å². The second kappa shape index (κ2) is 8.07. The first-order valence-corrected chi connectivity index (χ1v) is 9.25. The van der Waals surface area contributed by atoms with E-state index in [0.29, 0.717) is 43.0 Å². The summed E-state index contributed by atoms with van der Waals surface area (Å²) in [5, 5.41) is 11.8. The molecule has 1 saturated heterocycles. The molecule has 0 atom stereocenters. The Kier molecular flexibility index (Phi) is 5.36. The smallest absolute Gasteiger partial charge is 0.227 e. The molecule has 0 aliphatic carbocycles. The van der Waals surface area contributed by atoms with E-state index in [4.69, 9.17) is 16.3 Å². The molecule has 3 heterocycles. The molecule has 1 fully saturated rings. The van der Waals surface area contributed by atoms with Crippen LogP contribution < -0.4 is 10.2 Å². The molecule has 1 aliphatic heterocycles. The number of morpholine rings is 1. The van der Waals surface area contributed by atoms with Crippen LogP contribution in [0.3, 0.4) is 0 Å². The maximum Gasteiger partial charge on any atom is 0.227 e. The minimum atomic E-state index is -0.522. The zero-order chi connectivity index (χ0) is 19.5. The van der Waals surface area contributed by atoms with Gasteiger partial charge in [0.1, 0.15) is 5.69 Å². The van der Waals surface area contributed by atoms with E-state index in [1.807, 2.05) is 24.0 Å². The van der Waals surface area contributed by atoms with Crippen LogP contribution in [-0.4, -0.2) is 51.3 Å². The van der Waals surface area contributed by atoms with Gasteiger partial charge in [0, 0.05) is 13.1 Å². The minimum Gasteiger partial charge on any atom is -0.378 e. The predicted molar refractivity (Wildman–Crippen MR) is 103 cm³/mol. The lowest BCUT2D eigenvalue weighted by Crippen LogP contribution is -2.37. The van der Waals surface area contributed by atoms with Crippen molar-refractivity contribution < 1.29 is 9.13 Å². The zero-order valence-electron chi connectivity index (χ0n) is 15.3. The van der Waals surface area contributed by atoms with Gasteiger partial charge >= 0.3 is 0 Å². The molecule has 2 aromatic heterocycles. The van der Waals surface area contributed by atoms with Gasteiger partial charge < -0.3 is 15.0 Å². The fourth-order valence-electron chi connectivity index (χ4n) is 2.97. The molecule has 0 saturated carbocycles. The van der Waals surface area contributed by atoms with E-state index in [2.05, 4.69) is 25.6 Å². The van der Waals surface area contributed by atoms with Gasteiger partial charge in [-0.2, -0.15) is 4.98 Å². The van der Waals surface area contributed by atoms with Gasteiger partial charge in [-0.3, -0.25) is 0 Å². The lowest BCUT2D eigenvalue weighted by Gasteiger charge is -2.26. The number of aryl methyl sites for hydroxylation is 1. The first-order valence-electron chi connectivity index (χ1n) is 8.87. The molecule has 8 nitrogen and oxygen atoms in total. The summed E-state index contributed by atoms with van der Waals surface area (Å²) in [5.41, 5.74) is 2.38. The number of anilines is 2. The number of halogens is 2. The van der Waals surface area contributed by atoms with Crippen LogP contribution in [0, 0.1) is 12.7 Å². The third-order valence-corrected chi connectivity index (χ3v) is 4.73. The van der Waals surface area contributed by atoms with Crippen LogP contribution in [0.2, 0.25) is 5.02 Å². The molecule has 146 valence electrons. The Labute approximate surface area is 166 Å². The maximum atomic E-state index is 14.1. The molecule has 0 bridgehead atoms. The summed E-state index contributed by atoms with van der Waals surface area (Å²) in [4.78, 5) is 10.3. The maximum absolute atomic E-state index is 14.1. The van der Waals surface area contributed by atoms with Crippen molar-refractivity contribution in [3.05, 3.63) is 52.7 Å². The van der Waals surface area contributed by atoms with Crippen molar-refractivity contribution >= 4 is 23.4 Å². The summed E-state index contributed by atoms with van der Waals surface area (Å²) in [5.74, 6) is 0.0776. The summed E-state index contributed by atoms with van der Waals surface area (Å²) in [6.07, 6.45) is 2.92. The van der Waals surface area contributed by atoms with Crippen molar-refractivity contribution in [2.24, 2.45) is 0 Å². The van der Waals surface area contributed by atoms with Crippen LogP contribution >= 0.6 is 11.6 Å². The number of nitrogens with zero attached hydrogens (tertiary/aromatic N) is 6. The molecular formula is C18H19ClFN7O. The number of benzene rings is 1. The molecule has 1 aromatic carbocycles. The van der Waals surface area contributed by atoms with Crippen LogP contribution in [-0.2, 0) is 11.3 Å². The fraction of sp³-hybridized carbons (Fsp3) is 0.333. The Morgan fingerprint density at radius 2 is 2.11 bits per heavy atom. The highest BCUT2D eigenvalue weighted by molar-refractivity contribution is 6.32. The quantitative estimate of drug-likeness (QED) is 0.701. The first-order chi connectivity index (χ1) is 13.6. The van der Waals surface area contributed by atoms with Crippen LogP contribution in [0.5, 0.6) is 0 Å². The van der Waals surface area contributed by atoms with Gasteiger partial charge in [0.2, 0.25) is 5.95 Å². The van der Waals surface area contributed by atoms with Gasteiger partial charge in [-0.25, -0.2) is 14.1 Å². The number of aromatic nitrogens is 5. The normalized spacial score (nSPS) is 14.3. The topological polar surface area (TPSA) is 81.0 Å². The summed E-state index contributed by atoms with van der Waals surface area (Å²) in [6.45, 7) is 4.78. The molecule has 4 rings (SSSR count). The number of nitrogens with one attached hydrogen (secondary N) is 1.